The van der Waals surface area contributed by atoms with Crippen molar-refractivity contribution in [3.8, 4) is 23.0 Å². The van der Waals surface area contributed by atoms with Gasteiger partial charge in [0.15, 0.2) is 11.5 Å². The summed E-state index contributed by atoms with van der Waals surface area (Å²) >= 11 is 0. The quantitative estimate of drug-likeness (QED) is 0.0513. The van der Waals surface area contributed by atoms with E-state index in [2.05, 4.69) is 43.3 Å². The molecule has 0 aliphatic rings. The van der Waals surface area contributed by atoms with E-state index in [0.29, 0.717) is 43.5 Å². The molecular formula is C44H56O6. The summed E-state index contributed by atoms with van der Waals surface area (Å²) in [5.41, 5.74) is 3.84. The summed E-state index contributed by atoms with van der Waals surface area (Å²) in [7, 11) is 1.39. The van der Waals surface area contributed by atoms with Gasteiger partial charge in [-0.1, -0.05) is 138 Å². The van der Waals surface area contributed by atoms with Gasteiger partial charge in [-0.25, -0.2) is 4.79 Å². The minimum absolute atomic E-state index is 0.394. The van der Waals surface area contributed by atoms with Crippen molar-refractivity contribution in [3.63, 3.8) is 0 Å². The fourth-order valence-electron chi connectivity index (χ4n) is 5.86. The number of methoxy groups -OCH3 is 1. The normalized spacial score (nSPS) is 10.8. The Kier molecular flexibility index (Phi) is 17.7. The van der Waals surface area contributed by atoms with Crippen LogP contribution in [-0.2, 0) is 24.4 Å². The maximum absolute atomic E-state index is 12.3. The first-order chi connectivity index (χ1) is 24.7. The number of para-hydroxylation sites is 1. The summed E-state index contributed by atoms with van der Waals surface area (Å²) in [6.45, 7) is 4.41. The standard InChI is InChI=1S/C44H56O6/c1-3-4-5-6-7-8-10-19-29-47-40-31-39(44(45)46-2)32-41(33-40)48-30-20-11-9-18-26-38-27-21-28-42(49-34-36-22-14-12-15-23-36)43(38)50-35-37-24-16-13-17-25-37/h12-17,21-25,27-28,31-33H,3-11,18-20,26,29-30,34-35H2,1-2H3. The van der Waals surface area contributed by atoms with Gasteiger partial charge in [0, 0.05) is 6.07 Å². The van der Waals surface area contributed by atoms with Gasteiger partial charge in [-0.2, -0.15) is 0 Å². The topological polar surface area (TPSA) is 63.2 Å². The van der Waals surface area contributed by atoms with E-state index in [1.54, 1.807) is 12.1 Å². The fourth-order valence-corrected chi connectivity index (χ4v) is 5.86. The molecule has 4 aromatic carbocycles. The third-order valence-electron chi connectivity index (χ3n) is 8.70. The lowest BCUT2D eigenvalue weighted by Crippen LogP contribution is -2.05. The summed E-state index contributed by atoms with van der Waals surface area (Å²) < 4.78 is 29.7. The Morgan fingerprint density at radius 1 is 0.540 bits per heavy atom. The van der Waals surface area contributed by atoms with Gasteiger partial charge in [-0.05, 0) is 60.6 Å². The van der Waals surface area contributed by atoms with Crippen LogP contribution in [0.25, 0.3) is 0 Å². The maximum Gasteiger partial charge on any atom is 0.338 e. The summed E-state index contributed by atoms with van der Waals surface area (Å²) in [5.74, 6) is 2.47. The molecule has 0 unspecified atom stereocenters. The van der Waals surface area contributed by atoms with Crippen LogP contribution in [0.3, 0.4) is 0 Å². The molecule has 0 N–H and O–H groups in total. The lowest BCUT2D eigenvalue weighted by molar-refractivity contribution is 0.0599. The molecule has 0 spiro atoms. The van der Waals surface area contributed by atoms with E-state index in [0.717, 1.165) is 73.1 Å². The van der Waals surface area contributed by atoms with E-state index in [4.69, 9.17) is 23.7 Å². The molecule has 0 aromatic heterocycles. The van der Waals surface area contributed by atoms with Gasteiger partial charge in [-0.15, -0.1) is 0 Å². The van der Waals surface area contributed by atoms with Gasteiger partial charge < -0.3 is 23.7 Å². The van der Waals surface area contributed by atoms with Crippen molar-refractivity contribution in [1.82, 2.24) is 0 Å². The van der Waals surface area contributed by atoms with Crippen molar-refractivity contribution in [1.29, 1.82) is 0 Å². The summed E-state index contributed by atoms with van der Waals surface area (Å²) in [4.78, 5) is 12.3. The van der Waals surface area contributed by atoms with Gasteiger partial charge >= 0.3 is 5.97 Å². The van der Waals surface area contributed by atoms with E-state index in [1.807, 2.05) is 48.5 Å². The Morgan fingerprint density at radius 3 is 1.66 bits per heavy atom. The van der Waals surface area contributed by atoms with Crippen LogP contribution in [0, 0.1) is 0 Å². The Bertz CT molecular complexity index is 1500. The number of ether oxygens (including phenoxy) is 5. The Labute approximate surface area is 300 Å². The lowest BCUT2D eigenvalue weighted by atomic mass is 10.0. The zero-order valence-corrected chi connectivity index (χ0v) is 30.2. The maximum atomic E-state index is 12.3. The second kappa shape index (κ2) is 23.0. The number of carbonyl (C=O) groups excluding carboxylic acids is 1. The summed E-state index contributed by atoms with van der Waals surface area (Å²) in [5, 5.41) is 0. The molecule has 0 amide bonds. The SMILES string of the molecule is CCCCCCCCCCOc1cc(OCCCCCCc2cccc(OCc3ccccc3)c2OCc2ccccc2)cc(C(=O)OC)c1. The van der Waals surface area contributed by atoms with Crippen molar-refractivity contribution in [2.24, 2.45) is 0 Å². The van der Waals surface area contributed by atoms with Gasteiger partial charge in [0.05, 0.1) is 25.9 Å². The third kappa shape index (κ3) is 14.2. The van der Waals surface area contributed by atoms with E-state index in [1.165, 1.54) is 45.6 Å². The van der Waals surface area contributed by atoms with E-state index in [9.17, 15) is 4.79 Å². The van der Waals surface area contributed by atoms with E-state index >= 15 is 0 Å². The number of hydrogen-bond donors (Lipinski definition) is 0. The summed E-state index contributed by atoms with van der Waals surface area (Å²) in [6, 6.07) is 32.0. The minimum atomic E-state index is -0.394. The molecule has 6 nitrogen and oxygen atoms in total. The van der Waals surface area contributed by atoms with Crippen LogP contribution in [0.1, 0.15) is 111 Å². The molecule has 0 heterocycles. The first-order valence-corrected chi connectivity index (χ1v) is 18.6. The zero-order chi connectivity index (χ0) is 35.1. The molecule has 4 aromatic rings. The second-order valence-corrected chi connectivity index (χ2v) is 12.8. The molecule has 0 fully saturated rings. The van der Waals surface area contributed by atoms with Crippen molar-refractivity contribution >= 4 is 5.97 Å². The number of benzene rings is 4. The number of hydrogen-bond acceptors (Lipinski definition) is 6. The number of rotatable bonds is 25. The Morgan fingerprint density at radius 2 is 1.08 bits per heavy atom. The molecule has 0 saturated heterocycles. The van der Waals surface area contributed by atoms with Crippen molar-refractivity contribution in [2.45, 2.75) is 104 Å². The smallest absolute Gasteiger partial charge is 0.338 e. The monoisotopic (exact) mass is 680 g/mol. The van der Waals surface area contributed by atoms with Crippen LogP contribution in [0.4, 0.5) is 0 Å². The highest BCUT2D eigenvalue weighted by molar-refractivity contribution is 5.90. The molecular weight excluding hydrogens is 624 g/mol. The summed E-state index contributed by atoms with van der Waals surface area (Å²) in [6.07, 6.45) is 14.9. The van der Waals surface area contributed by atoms with Crippen LogP contribution in [0.15, 0.2) is 97.1 Å². The third-order valence-corrected chi connectivity index (χ3v) is 8.70. The highest BCUT2D eigenvalue weighted by Gasteiger charge is 2.13. The zero-order valence-electron chi connectivity index (χ0n) is 30.2. The molecule has 6 heteroatoms. The lowest BCUT2D eigenvalue weighted by Gasteiger charge is -2.17. The van der Waals surface area contributed by atoms with Crippen molar-refractivity contribution in [2.75, 3.05) is 20.3 Å². The second-order valence-electron chi connectivity index (χ2n) is 12.8. The average molecular weight is 681 g/mol. The van der Waals surface area contributed by atoms with Crippen LogP contribution < -0.4 is 18.9 Å². The molecule has 268 valence electrons. The van der Waals surface area contributed by atoms with Gasteiger partial charge in [0.1, 0.15) is 24.7 Å². The fraction of sp³-hybridized carbons (Fsp3) is 0.432. The van der Waals surface area contributed by atoms with E-state index in [-0.39, 0.29) is 0 Å². The Hall–Kier alpha value is -4.45. The minimum Gasteiger partial charge on any atom is -0.493 e. The van der Waals surface area contributed by atoms with Gasteiger partial charge in [0.2, 0.25) is 0 Å². The number of carbonyl (C=O) groups is 1. The molecule has 4 rings (SSSR count). The predicted molar refractivity (Wildman–Crippen MR) is 202 cm³/mol. The van der Waals surface area contributed by atoms with Crippen LogP contribution in [-0.4, -0.2) is 26.3 Å². The molecule has 0 saturated carbocycles. The average Bonchev–Trinajstić information content (AvgIpc) is 3.16. The van der Waals surface area contributed by atoms with Crippen molar-refractivity contribution < 1.29 is 28.5 Å². The van der Waals surface area contributed by atoms with Gasteiger partial charge in [0.25, 0.3) is 0 Å². The van der Waals surface area contributed by atoms with Crippen LogP contribution in [0.5, 0.6) is 23.0 Å². The number of esters is 1. The first kappa shape index (κ1) is 38.4. The van der Waals surface area contributed by atoms with Crippen molar-refractivity contribution in [3.05, 3.63) is 119 Å². The molecule has 0 atom stereocenters. The predicted octanol–water partition coefficient (Wildman–Crippen LogP) is 11.3. The molecule has 0 bridgehead atoms. The molecule has 0 aliphatic carbocycles. The molecule has 50 heavy (non-hydrogen) atoms. The largest absolute Gasteiger partial charge is 0.493 e. The number of unbranched alkanes of at least 4 members (excludes halogenated alkanes) is 10. The first-order valence-electron chi connectivity index (χ1n) is 18.6. The van der Waals surface area contributed by atoms with Gasteiger partial charge in [-0.3, -0.25) is 0 Å². The molecule has 0 radical (unpaired) electrons. The Balaban J connectivity index is 1.23. The van der Waals surface area contributed by atoms with Crippen LogP contribution in [0.2, 0.25) is 0 Å². The highest BCUT2D eigenvalue weighted by Crippen LogP contribution is 2.34. The number of aryl methyl sites for hydroxylation is 1. The van der Waals surface area contributed by atoms with Crippen LogP contribution >= 0.6 is 0 Å². The molecule has 0 aliphatic heterocycles. The highest BCUT2D eigenvalue weighted by atomic mass is 16.5. The van der Waals surface area contributed by atoms with E-state index < -0.39 is 5.97 Å².